The fourth-order valence-electron chi connectivity index (χ4n) is 4.95. The molecule has 2 atom stereocenters. The Bertz CT molecular complexity index is 1180. The lowest BCUT2D eigenvalue weighted by atomic mass is 9.91. The first-order valence-corrected chi connectivity index (χ1v) is 12.6. The molecule has 37 heavy (non-hydrogen) atoms. The molecule has 2 heterocycles. The summed E-state index contributed by atoms with van der Waals surface area (Å²) in [7, 11) is 1.67. The molecule has 0 bridgehead atoms. The first-order chi connectivity index (χ1) is 17.8. The molecule has 2 aromatic carbocycles. The molecule has 2 aliphatic rings. The number of esters is 1. The largest absolute Gasteiger partial charge is 0.463 e. The number of hydrogen-bond donors (Lipinski definition) is 2. The Balaban J connectivity index is 1.57. The van der Waals surface area contributed by atoms with Crippen molar-refractivity contribution in [1.82, 2.24) is 20.0 Å². The Kier molecular flexibility index (Phi) is 8.13. The molecule has 196 valence electrons. The van der Waals surface area contributed by atoms with Crippen molar-refractivity contribution >= 4 is 23.7 Å². The van der Waals surface area contributed by atoms with Crippen LogP contribution in [0.15, 0.2) is 65.9 Å². The summed E-state index contributed by atoms with van der Waals surface area (Å²) in [5, 5.41) is 5.94. The average Bonchev–Trinajstić information content (AvgIpc) is 2.87. The zero-order valence-electron chi connectivity index (χ0n) is 21.9. The Morgan fingerprint density at radius 2 is 1.78 bits per heavy atom. The van der Waals surface area contributed by atoms with Gasteiger partial charge in [-0.15, -0.1) is 0 Å². The highest BCUT2D eigenvalue weighted by molar-refractivity contribution is 5.95. The Hall–Kier alpha value is -3.85. The van der Waals surface area contributed by atoms with Crippen LogP contribution in [0.4, 0.5) is 15.3 Å². The first kappa shape index (κ1) is 26.2. The average molecular weight is 506 g/mol. The fourth-order valence-corrected chi connectivity index (χ4v) is 4.95. The number of nitrogens with zero attached hydrogens (tertiary/aromatic N) is 3. The zero-order valence-corrected chi connectivity index (χ0v) is 21.9. The topological polar surface area (TPSA) is 94.2 Å². The van der Waals surface area contributed by atoms with Gasteiger partial charge >= 0.3 is 18.0 Å². The van der Waals surface area contributed by atoms with E-state index < -0.39 is 12.0 Å². The molecular weight excluding hydrogens is 470 g/mol. The number of ether oxygens (including phenoxy) is 1. The molecule has 0 aliphatic carbocycles. The van der Waals surface area contributed by atoms with E-state index in [0.717, 1.165) is 16.8 Å². The number of piperazine rings is 1. The number of carbonyl (C=O) groups excluding carboxylic acids is 3. The number of para-hydroxylation sites is 1. The number of likely N-dealkylation sites (N-methyl/N-ethyl adjacent to an activating group) is 1. The number of urea groups is 2. The van der Waals surface area contributed by atoms with Crippen molar-refractivity contribution in [3.63, 3.8) is 0 Å². The highest BCUT2D eigenvalue weighted by Crippen LogP contribution is 2.33. The molecule has 2 aromatic rings. The van der Waals surface area contributed by atoms with Gasteiger partial charge in [0.05, 0.1) is 18.2 Å². The molecule has 0 saturated carbocycles. The molecule has 1 saturated heterocycles. The van der Waals surface area contributed by atoms with Crippen LogP contribution in [-0.4, -0.2) is 78.6 Å². The van der Waals surface area contributed by atoms with Crippen molar-refractivity contribution in [2.24, 2.45) is 0 Å². The van der Waals surface area contributed by atoms with Gasteiger partial charge in [-0.2, -0.15) is 0 Å². The molecule has 0 unspecified atom stereocenters. The number of aryl methyl sites for hydroxylation is 1. The fraction of sp³-hybridized carbons (Fsp3) is 0.393. The van der Waals surface area contributed by atoms with Crippen molar-refractivity contribution in [1.29, 1.82) is 0 Å². The van der Waals surface area contributed by atoms with Crippen LogP contribution in [0.25, 0.3) is 0 Å². The first-order valence-electron chi connectivity index (χ1n) is 12.6. The minimum absolute atomic E-state index is 0.0565. The number of hydrogen-bond acceptors (Lipinski definition) is 5. The van der Waals surface area contributed by atoms with E-state index in [1.54, 1.807) is 14.0 Å². The smallest absolute Gasteiger partial charge is 0.338 e. The van der Waals surface area contributed by atoms with Gasteiger partial charge in [-0.05, 0) is 44.0 Å². The van der Waals surface area contributed by atoms with E-state index in [1.165, 1.54) is 4.90 Å². The molecule has 4 rings (SSSR count). The maximum absolute atomic E-state index is 13.2. The number of carbonyl (C=O) groups is 3. The van der Waals surface area contributed by atoms with Crippen molar-refractivity contribution in [3.8, 4) is 0 Å². The van der Waals surface area contributed by atoms with E-state index in [0.29, 0.717) is 37.4 Å². The van der Waals surface area contributed by atoms with E-state index in [9.17, 15) is 14.4 Å². The standard InChI is InChI=1S/C28H35N5O4/c1-5-37-26(34)24-23(31(4)27(35)30-25(24)22-14-10-9-11-19(22)2)18-32-15-16-33(20(3)17-32)28(36)29-21-12-7-6-8-13-21/h6-14,20,25H,5,15-18H2,1-4H3,(H,29,36)(H,30,35)/t20-,25+/m1/s1. The van der Waals surface area contributed by atoms with Crippen LogP contribution in [0, 0.1) is 6.92 Å². The van der Waals surface area contributed by atoms with Gasteiger partial charge in [0.15, 0.2) is 0 Å². The summed E-state index contributed by atoms with van der Waals surface area (Å²) in [6.45, 7) is 8.10. The van der Waals surface area contributed by atoms with E-state index in [1.807, 2.05) is 73.3 Å². The summed E-state index contributed by atoms with van der Waals surface area (Å²) < 4.78 is 5.45. The Labute approximate surface area is 218 Å². The second-order valence-corrected chi connectivity index (χ2v) is 9.45. The molecule has 0 radical (unpaired) electrons. The van der Waals surface area contributed by atoms with Crippen LogP contribution < -0.4 is 10.6 Å². The van der Waals surface area contributed by atoms with E-state index >= 15 is 0 Å². The molecule has 4 amide bonds. The van der Waals surface area contributed by atoms with Gasteiger partial charge < -0.3 is 20.3 Å². The minimum Gasteiger partial charge on any atom is -0.463 e. The van der Waals surface area contributed by atoms with Gasteiger partial charge in [0, 0.05) is 50.7 Å². The zero-order chi connectivity index (χ0) is 26.5. The maximum Gasteiger partial charge on any atom is 0.338 e. The molecular formula is C28H35N5O4. The predicted octanol–water partition coefficient (Wildman–Crippen LogP) is 3.75. The SMILES string of the molecule is CCOC(=O)C1=C(CN2CCN(C(=O)Nc3ccccc3)[C@H](C)C2)N(C)C(=O)N[C@H]1c1ccccc1C. The van der Waals surface area contributed by atoms with Gasteiger partial charge in [-0.25, -0.2) is 14.4 Å². The van der Waals surface area contributed by atoms with Gasteiger partial charge in [0.1, 0.15) is 0 Å². The molecule has 2 aliphatic heterocycles. The Morgan fingerprint density at radius 3 is 2.46 bits per heavy atom. The van der Waals surface area contributed by atoms with Crippen molar-refractivity contribution < 1.29 is 19.1 Å². The molecule has 0 aromatic heterocycles. The second kappa shape index (κ2) is 11.5. The summed E-state index contributed by atoms with van der Waals surface area (Å²) in [5.41, 5.74) is 3.65. The molecule has 1 fully saturated rings. The third-order valence-corrected chi connectivity index (χ3v) is 6.94. The maximum atomic E-state index is 13.2. The number of rotatable bonds is 6. The van der Waals surface area contributed by atoms with Crippen LogP contribution in [-0.2, 0) is 9.53 Å². The van der Waals surface area contributed by atoms with E-state index in [2.05, 4.69) is 15.5 Å². The van der Waals surface area contributed by atoms with Crippen molar-refractivity contribution in [2.45, 2.75) is 32.9 Å². The lowest BCUT2D eigenvalue weighted by Gasteiger charge is -2.42. The minimum atomic E-state index is -0.602. The summed E-state index contributed by atoms with van der Waals surface area (Å²) in [5.74, 6) is -0.438. The van der Waals surface area contributed by atoms with Crippen LogP contribution >= 0.6 is 0 Å². The quantitative estimate of drug-likeness (QED) is 0.584. The highest BCUT2D eigenvalue weighted by Gasteiger charge is 2.38. The Morgan fingerprint density at radius 1 is 1.08 bits per heavy atom. The van der Waals surface area contributed by atoms with E-state index in [4.69, 9.17) is 4.74 Å². The molecule has 9 heteroatoms. The van der Waals surface area contributed by atoms with Crippen LogP contribution in [0.1, 0.15) is 31.0 Å². The van der Waals surface area contributed by atoms with Gasteiger partial charge in [0.2, 0.25) is 0 Å². The monoisotopic (exact) mass is 505 g/mol. The summed E-state index contributed by atoms with van der Waals surface area (Å²) in [4.78, 5) is 44.6. The van der Waals surface area contributed by atoms with Crippen LogP contribution in [0.5, 0.6) is 0 Å². The van der Waals surface area contributed by atoms with Gasteiger partial charge in [-0.1, -0.05) is 42.5 Å². The lowest BCUT2D eigenvalue weighted by Crippen LogP contribution is -2.57. The van der Waals surface area contributed by atoms with E-state index in [-0.39, 0.29) is 24.7 Å². The van der Waals surface area contributed by atoms with Crippen molar-refractivity contribution in [2.75, 3.05) is 45.2 Å². The summed E-state index contributed by atoms with van der Waals surface area (Å²) in [6, 6.07) is 16.0. The van der Waals surface area contributed by atoms with Crippen LogP contribution in [0.2, 0.25) is 0 Å². The third-order valence-electron chi connectivity index (χ3n) is 6.94. The normalized spacial score (nSPS) is 20.5. The summed E-state index contributed by atoms with van der Waals surface area (Å²) >= 11 is 0. The summed E-state index contributed by atoms with van der Waals surface area (Å²) in [6.07, 6.45) is 0. The molecule has 0 spiro atoms. The molecule has 9 nitrogen and oxygen atoms in total. The van der Waals surface area contributed by atoms with Crippen molar-refractivity contribution in [3.05, 3.63) is 77.0 Å². The van der Waals surface area contributed by atoms with Gasteiger partial charge in [-0.3, -0.25) is 9.80 Å². The number of amides is 4. The van der Waals surface area contributed by atoms with Crippen LogP contribution in [0.3, 0.4) is 0 Å². The third kappa shape index (κ3) is 5.77. The highest BCUT2D eigenvalue weighted by atomic mass is 16.5. The lowest BCUT2D eigenvalue weighted by molar-refractivity contribution is -0.139. The number of nitrogens with one attached hydrogen (secondary N) is 2. The van der Waals surface area contributed by atoms with Gasteiger partial charge in [0.25, 0.3) is 0 Å². The number of anilines is 1. The molecule has 2 N–H and O–H groups in total. The number of benzene rings is 2. The second-order valence-electron chi connectivity index (χ2n) is 9.45. The predicted molar refractivity (Wildman–Crippen MR) is 142 cm³/mol.